The molecule has 2 rings (SSSR count). The lowest BCUT2D eigenvalue weighted by Gasteiger charge is -2.22. The summed E-state index contributed by atoms with van der Waals surface area (Å²) >= 11 is 6.97. The molecular weight excluding hydrogens is 401 g/mol. The lowest BCUT2D eigenvalue weighted by Crippen LogP contribution is -2.19. The molecule has 1 atom stereocenters. The van der Waals surface area contributed by atoms with Crippen LogP contribution in [0, 0.1) is 5.82 Å². The van der Waals surface area contributed by atoms with E-state index >= 15 is 0 Å². The van der Waals surface area contributed by atoms with Crippen molar-refractivity contribution in [1.29, 1.82) is 0 Å². The Balaban J connectivity index is 2.55. The van der Waals surface area contributed by atoms with Gasteiger partial charge in [-0.1, -0.05) is 31.9 Å². The molecule has 1 N–H and O–H groups in total. The van der Waals surface area contributed by atoms with Crippen LogP contribution in [0.1, 0.15) is 24.1 Å². The van der Waals surface area contributed by atoms with Crippen molar-refractivity contribution in [2.45, 2.75) is 13.0 Å². The molecule has 21 heavy (non-hydrogen) atoms. The zero-order chi connectivity index (χ0) is 15.4. The van der Waals surface area contributed by atoms with Crippen LogP contribution < -0.4 is 10.1 Å². The third-order valence-corrected chi connectivity index (χ3v) is 4.36. The largest absolute Gasteiger partial charge is 0.494 e. The monoisotopic (exact) mass is 415 g/mol. The second-order valence-electron chi connectivity index (χ2n) is 4.50. The van der Waals surface area contributed by atoms with Crippen molar-refractivity contribution in [2.24, 2.45) is 0 Å². The molecular formula is C16H16Br2FNO. The predicted molar refractivity (Wildman–Crippen MR) is 90.3 cm³/mol. The number of benzene rings is 2. The lowest BCUT2D eigenvalue weighted by molar-refractivity contribution is 0.334. The van der Waals surface area contributed by atoms with Gasteiger partial charge in [0.05, 0.1) is 12.6 Å². The Hall–Kier alpha value is -0.910. The van der Waals surface area contributed by atoms with Crippen LogP contribution in [0.25, 0.3) is 0 Å². The van der Waals surface area contributed by atoms with Gasteiger partial charge in [-0.05, 0) is 55.9 Å². The van der Waals surface area contributed by atoms with Crippen molar-refractivity contribution in [3.63, 3.8) is 0 Å². The maximum atomic E-state index is 13.6. The van der Waals surface area contributed by atoms with Crippen LogP contribution in [-0.4, -0.2) is 13.7 Å². The van der Waals surface area contributed by atoms with Crippen molar-refractivity contribution >= 4 is 31.9 Å². The average Bonchev–Trinajstić information content (AvgIpc) is 2.46. The van der Waals surface area contributed by atoms with Crippen LogP contribution in [0.2, 0.25) is 0 Å². The molecule has 0 heterocycles. The van der Waals surface area contributed by atoms with Gasteiger partial charge in [-0.3, -0.25) is 0 Å². The molecule has 2 aromatic carbocycles. The molecule has 2 aromatic rings. The first kappa shape index (κ1) is 16.5. The molecule has 0 radical (unpaired) electrons. The maximum absolute atomic E-state index is 13.6. The van der Waals surface area contributed by atoms with Gasteiger partial charge in [0.25, 0.3) is 0 Å². The lowest BCUT2D eigenvalue weighted by atomic mass is 9.98. The van der Waals surface area contributed by atoms with E-state index in [0.717, 1.165) is 25.8 Å². The first-order chi connectivity index (χ1) is 10.1. The van der Waals surface area contributed by atoms with Crippen molar-refractivity contribution in [2.75, 3.05) is 13.7 Å². The molecule has 0 saturated heterocycles. The van der Waals surface area contributed by atoms with E-state index in [0.29, 0.717) is 6.61 Å². The Kier molecular flexibility index (Phi) is 5.79. The standard InChI is InChI=1S/C16H16Br2FNO/c1-3-21-15-7-4-10(17)8-13(15)16(20-2)12-9-11(19)5-6-14(12)18/h4-9,16,20H,3H2,1-2H3. The molecule has 0 fully saturated rings. The van der Waals surface area contributed by atoms with Crippen molar-refractivity contribution in [1.82, 2.24) is 5.32 Å². The molecule has 0 spiro atoms. The van der Waals surface area contributed by atoms with E-state index in [2.05, 4.69) is 37.2 Å². The molecule has 112 valence electrons. The molecule has 0 aromatic heterocycles. The molecule has 0 amide bonds. The predicted octanol–water partition coefficient (Wildman–Crippen LogP) is 5.06. The minimum absolute atomic E-state index is 0.172. The highest BCUT2D eigenvalue weighted by Crippen LogP contribution is 2.35. The van der Waals surface area contributed by atoms with E-state index in [4.69, 9.17) is 4.74 Å². The normalized spacial score (nSPS) is 12.2. The zero-order valence-corrected chi connectivity index (χ0v) is 15.0. The molecule has 1 unspecified atom stereocenters. The Morgan fingerprint density at radius 1 is 1.14 bits per heavy atom. The van der Waals surface area contributed by atoms with Crippen LogP contribution >= 0.6 is 31.9 Å². The molecule has 0 saturated carbocycles. The molecule has 5 heteroatoms. The smallest absolute Gasteiger partial charge is 0.124 e. The Morgan fingerprint density at radius 2 is 1.90 bits per heavy atom. The first-order valence-electron chi connectivity index (χ1n) is 6.61. The minimum atomic E-state index is -0.263. The summed E-state index contributed by atoms with van der Waals surface area (Å²) in [5.74, 6) is 0.526. The van der Waals surface area contributed by atoms with E-state index in [1.807, 2.05) is 32.2 Å². The highest BCUT2D eigenvalue weighted by Gasteiger charge is 2.20. The van der Waals surface area contributed by atoms with Gasteiger partial charge >= 0.3 is 0 Å². The number of nitrogens with one attached hydrogen (secondary N) is 1. The summed E-state index contributed by atoms with van der Waals surface area (Å²) in [6.07, 6.45) is 0. The summed E-state index contributed by atoms with van der Waals surface area (Å²) in [5.41, 5.74) is 1.79. The maximum Gasteiger partial charge on any atom is 0.124 e. The second-order valence-corrected chi connectivity index (χ2v) is 6.27. The number of hydrogen-bond acceptors (Lipinski definition) is 2. The minimum Gasteiger partial charge on any atom is -0.494 e. The fourth-order valence-electron chi connectivity index (χ4n) is 2.25. The summed E-state index contributed by atoms with van der Waals surface area (Å²) < 4.78 is 21.1. The summed E-state index contributed by atoms with van der Waals surface area (Å²) in [7, 11) is 1.85. The van der Waals surface area contributed by atoms with E-state index in [-0.39, 0.29) is 11.9 Å². The van der Waals surface area contributed by atoms with E-state index in [9.17, 15) is 4.39 Å². The zero-order valence-electron chi connectivity index (χ0n) is 11.8. The van der Waals surface area contributed by atoms with Gasteiger partial charge in [0.1, 0.15) is 11.6 Å². The van der Waals surface area contributed by atoms with Crippen molar-refractivity contribution < 1.29 is 9.13 Å². The highest BCUT2D eigenvalue weighted by atomic mass is 79.9. The van der Waals surface area contributed by atoms with Crippen molar-refractivity contribution in [3.05, 3.63) is 62.3 Å². The fourth-order valence-corrected chi connectivity index (χ4v) is 3.10. The van der Waals surface area contributed by atoms with Crippen LogP contribution in [0.3, 0.4) is 0 Å². The molecule has 2 nitrogen and oxygen atoms in total. The van der Waals surface area contributed by atoms with Crippen LogP contribution in [0.15, 0.2) is 45.3 Å². The average molecular weight is 417 g/mol. The Labute approximate surface area is 141 Å². The third kappa shape index (κ3) is 3.84. The third-order valence-electron chi connectivity index (χ3n) is 3.14. The SMILES string of the molecule is CCOc1ccc(Br)cc1C(NC)c1cc(F)ccc1Br. The Bertz CT molecular complexity index is 634. The number of rotatable bonds is 5. The number of hydrogen-bond donors (Lipinski definition) is 1. The van der Waals surface area contributed by atoms with Crippen LogP contribution in [-0.2, 0) is 0 Å². The Morgan fingerprint density at radius 3 is 2.57 bits per heavy atom. The van der Waals surface area contributed by atoms with Crippen LogP contribution in [0.5, 0.6) is 5.75 Å². The first-order valence-corrected chi connectivity index (χ1v) is 8.19. The highest BCUT2D eigenvalue weighted by molar-refractivity contribution is 9.10. The van der Waals surface area contributed by atoms with Gasteiger partial charge in [0.15, 0.2) is 0 Å². The summed E-state index contributed by atoms with van der Waals surface area (Å²) in [6, 6.07) is 10.3. The molecule has 0 aliphatic rings. The summed E-state index contributed by atoms with van der Waals surface area (Å²) in [6.45, 7) is 2.52. The topological polar surface area (TPSA) is 21.3 Å². The quantitative estimate of drug-likeness (QED) is 0.735. The van der Waals surface area contributed by atoms with Crippen molar-refractivity contribution in [3.8, 4) is 5.75 Å². The van der Waals surface area contributed by atoms with Gasteiger partial charge in [-0.25, -0.2) is 4.39 Å². The summed E-state index contributed by atoms with van der Waals surface area (Å²) in [5, 5.41) is 3.23. The van der Waals surface area contributed by atoms with Gasteiger partial charge < -0.3 is 10.1 Å². The van der Waals surface area contributed by atoms with E-state index in [1.54, 1.807) is 6.07 Å². The second kappa shape index (κ2) is 7.38. The van der Waals surface area contributed by atoms with Gasteiger partial charge in [-0.2, -0.15) is 0 Å². The van der Waals surface area contributed by atoms with Crippen LogP contribution in [0.4, 0.5) is 4.39 Å². The van der Waals surface area contributed by atoms with Gasteiger partial charge in [0.2, 0.25) is 0 Å². The fraction of sp³-hybridized carbons (Fsp3) is 0.250. The summed E-state index contributed by atoms with van der Waals surface area (Å²) in [4.78, 5) is 0. The molecule has 0 aliphatic heterocycles. The number of ether oxygens (including phenoxy) is 1. The van der Waals surface area contributed by atoms with Gasteiger partial charge in [-0.15, -0.1) is 0 Å². The van der Waals surface area contributed by atoms with Gasteiger partial charge in [0, 0.05) is 14.5 Å². The molecule has 0 bridgehead atoms. The molecule has 0 aliphatic carbocycles. The number of halogens is 3. The van der Waals surface area contributed by atoms with E-state index in [1.165, 1.54) is 12.1 Å². The van der Waals surface area contributed by atoms with E-state index < -0.39 is 0 Å².